The van der Waals surface area contributed by atoms with E-state index in [1.54, 1.807) is 0 Å². The highest BCUT2D eigenvalue weighted by molar-refractivity contribution is 7.89. The SMILES string of the molecule is NC(CCNS(=O)(=O)c1cncc(F)c1)c1ccccc1. The lowest BCUT2D eigenvalue weighted by Crippen LogP contribution is -2.27. The molecule has 7 heteroatoms. The fourth-order valence-corrected chi connectivity index (χ4v) is 2.86. The van der Waals surface area contributed by atoms with Gasteiger partial charge in [-0.2, -0.15) is 0 Å². The molecule has 2 rings (SSSR count). The first-order valence-electron chi connectivity index (χ1n) is 6.40. The van der Waals surface area contributed by atoms with Crippen LogP contribution in [0.5, 0.6) is 0 Å². The van der Waals surface area contributed by atoms with Crippen LogP contribution in [0.25, 0.3) is 0 Å². The van der Waals surface area contributed by atoms with Crippen molar-refractivity contribution in [3.8, 4) is 0 Å². The Labute approximate surface area is 123 Å². The highest BCUT2D eigenvalue weighted by Gasteiger charge is 2.15. The van der Waals surface area contributed by atoms with Crippen LogP contribution in [0, 0.1) is 5.82 Å². The zero-order valence-corrected chi connectivity index (χ0v) is 12.1. The van der Waals surface area contributed by atoms with E-state index in [4.69, 9.17) is 5.73 Å². The molecule has 21 heavy (non-hydrogen) atoms. The van der Waals surface area contributed by atoms with Crippen LogP contribution >= 0.6 is 0 Å². The smallest absolute Gasteiger partial charge is 0.242 e. The molecule has 3 N–H and O–H groups in total. The molecule has 0 radical (unpaired) electrons. The molecule has 1 atom stereocenters. The maximum absolute atomic E-state index is 13.0. The number of benzene rings is 1. The van der Waals surface area contributed by atoms with E-state index in [0.717, 1.165) is 24.0 Å². The molecule has 0 amide bonds. The van der Waals surface area contributed by atoms with Crippen LogP contribution in [-0.4, -0.2) is 19.9 Å². The van der Waals surface area contributed by atoms with Crippen molar-refractivity contribution >= 4 is 10.0 Å². The average Bonchev–Trinajstić information content (AvgIpc) is 2.48. The average molecular weight is 309 g/mol. The van der Waals surface area contributed by atoms with Crippen LogP contribution in [0.1, 0.15) is 18.0 Å². The number of rotatable bonds is 6. The van der Waals surface area contributed by atoms with Crippen LogP contribution in [0.4, 0.5) is 4.39 Å². The van der Waals surface area contributed by atoms with Gasteiger partial charge in [-0.1, -0.05) is 30.3 Å². The van der Waals surface area contributed by atoms with Gasteiger partial charge in [0, 0.05) is 18.8 Å². The number of hydrogen-bond donors (Lipinski definition) is 2. The third kappa shape index (κ3) is 4.32. The third-order valence-electron chi connectivity index (χ3n) is 2.97. The van der Waals surface area contributed by atoms with Gasteiger partial charge in [-0.15, -0.1) is 0 Å². The zero-order chi connectivity index (χ0) is 15.3. The van der Waals surface area contributed by atoms with Gasteiger partial charge in [-0.05, 0) is 18.1 Å². The molecular formula is C14H16FN3O2S. The molecule has 1 aromatic carbocycles. The summed E-state index contributed by atoms with van der Waals surface area (Å²) >= 11 is 0. The predicted molar refractivity (Wildman–Crippen MR) is 77.4 cm³/mol. The molecule has 5 nitrogen and oxygen atoms in total. The second-order valence-electron chi connectivity index (χ2n) is 4.54. The normalized spacial score (nSPS) is 13.0. The molecule has 0 aliphatic carbocycles. The van der Waals surface area contributed by atoms with Gasteiger partial charge in [0.25, 0.3) is 0 Å². The summed E-state index contributed by atoms with van der Waals surface area (Å²) in [5.41, 5.74) is 6.91. The first-order valence-corrected chi connectivity index (χ1v) is 7.88. The van der Waals surface area contributed by atoms with Gasteiger partial charge in [0.05, 0.1) is 6.20 Å². The monoisotopic (exact) mass is 309 g/mol. The number of aromatic nitrogens is 1. The Hall–Kier alpha value is -1.83. The Bertz CT molecular complexity index is 692. The highest BCUT2D eigenvalue weighted by Crippen LogP contribution is 2.13. The molecule has 0 aliphatic rings. The van der Waals surface area contributed by atoms with Crippen LogP contribution in [0.15, 0.2) is 53.7 Å². The molecule has 112 valence electrons. The van der Waals surface area contributed by atoms with Crippen molar-refractivity contribution in [3.05, 3.63) is 60.2 Å². The Morgan fingerprint density at radius 2 is 1.95 bits per heavy atom. The van der Waals surface area contributed by atoms with Crippen LogP contribution in [0.3, 0.4) is 0 Å². The summed E-state index contributed by atoms with van der Waals surface area (Å²) < 4.78 is 39.3. The van der Waals surface area contributed by atoms with Gasteiger partial charge in [-0.25, -0.2) is 17.5 Å². The van der Waals surface area contributed by atoms with E-state index in [1.165, 1.54) is 0 Å². The van der Waals surface area contributed by atoms with Gasteiger partial charge >= 0.3 is 0 Å². The zero-order valence-electron chi connectivity index (χ0n) is 11.2. The molecule has 1 heterocycles. The first kappa shape index (κ1) is 15.6. The summed E-state index contributed by atoms with van der Waals surface area (Å²) in [4.78, 5) is 3.32. The quantitative estimate of drug-likeness (QED) is 0.848. The Kier molecular flexibility index (Phi) is 5.00. The summed E-state index contributed by atoms with van der Waals surface area (Å²) in [6.45, 7) is 0.162. The van der Waals surface area contributed by atoms with E-state index in [0.29, 0.717) is 6.42 Å². The van der Waals surface area contributed by atoms with Crippen molar-refractivity contribution in [2.24, 2.45) is 5.73 Å². The Balaban J connectivity index is 1.94. The fourth-order valence-electron chi connectivity index (χ4n) is 1.84. The fraction of sp³-hybridized carbons (Fsp3) is 0.214. The lowest BCUT2D eigenvalue weighted by Gasteiger charge is -2.12. The minimum atomic E-state index is -3.77. The highest BCUT2D eigenvalue weighted by atomic mass is 32.2. The maximum atomic E-state index is 13.0. The van der Waals surface area contributed by atoms with Crippen molar-refractivity contribution in [3.63, 3.8) is 0 Å². The standard InChI is InChI=1S/C14H16FN3O2S/c15-12-8-13(10-17-9-12)21(19,20)18-7-6-14(16)11-4-2-1-3-5-11/h1-5,8-10,14,18H,6-7,16H2. The molecule has 0 bridgehead atoms. The van der Waals surface area contributed by atoms with Crippen molar-refractivity contribution in [2.75, 3.05) is 6.54 Å². The topological polar surface area (TPSA) is 85.1 Å². The summed E-state index contributed by atoms with van der Waals surface area (Å²) in [5, 5.41) is 0. The summed E-state index contributed by atoms with van der Waals surface area (Å²) in [6.07, 6.45) is 2.48. The molecular weight excluding hydrogens is 293 g/mol. The largest absolute Gasteiger partial charge is 0.324 e. The molecule has 1 unspecified atom stereocenters. The third-order valence-corrected chi connectivity index (χ3v) is 4.39. The van der Waals surface area contributed by atoms with E-state index in [-0.39, 0.29) is 17.5 Å². The maximum Gasteiger partial charge on any atom is 0.242 e. The molecule has 0 aliphatic heterocycles. The molecule has 2 aromatic rings. The molecule has 0 spiro atoms. The van der Waals surface area contributed by atoms with E-state index < -0.39 is 15.8 Å². The molecule has 0 fully saturated rings. The lowest BCUT2D eigenvalue weighted by atomic mass is 10.1. The predicted octanol–water partition coefficient (Wildman–Crippen LogP) is 1.59. The van der Waals surface area contributed by atoms with Crippen molar-refractivity contribution in [2.45, 2.75) is 17.4 Å². The van der Waals surface area contributed by atoms with Crippen molar-refractivity contribution < 1.29 is 12.8 Å². The van der Waals surface area contributed by atoms with Gasteiger partial charge in [-0.3, -0.25) is 4.98 Å². The number of nitrogens with zero attached hydrogens (tertiary/aromatic N) is 1. The minimum absolute atomic E-state index is 0.162. The number of nitrogens with two attached hydrogens (primary N) is 1. The first-order chi connectivity index (χ1) is 9.99. The number of nitrogens with one attached hydrogen (secondary N) is 1. The number of halogens is 1. The van der Waals surface area contributed by atoms with Gasteiger partial charge < -0.3 is 5.73 Å². The van der Waals surface area contributed by atoms with Crippen molar-refractivity contribution in [1.29, 1.82) is 0 Å². The van der Waals surface area contributed by atoms with E-state index in [9.17, 15) is 12.8 Å². The van der Waals surface area contributed by atoms with E-state index in [2.05, 4.69) is 9.71 Å². The second kappa shape index (κ2) is 6.75. The summed E-state index contributed by atoms with van der Waals surface area (Å²) in [5.74, 6) is -0.695. The lowest BCUT2D eigenvalue weighted by molar-refractivity contribution is 0.565. The number of hydrogen-bond acceptors (Lipinski definition) is 4. The minimum Gasteiger partial charge on any atom is -0.324 e. The van der Waals surface area contributed by atoms with E-state index in [1.807, 2.05) is 30.3 Å². The van der Waals surface area contributed by atoms with Gasteiger partial charge in [0.15, 0.2) is 0 Å². The molecule has 0 saturated carbocycles. The van der Waals surface area contributed by atoms with Crippen LogP contribution < -0.4 is 10.5 Å². The number of sulfonamides is 1. The number of pyridine rings is 1. The van der Waals surface area contributed by atoms with Gasteiger partial charge in [0.2, 0.25) is 10.0 Å². The molecule has 0 saturated heterocycles. The van der Waals surface area contributed by atoms with Crippen molar-refractivity contribution in [1.82, 2.24) is 9.71 Å². The van der Waals surface area contributed by atoms with Gasteiger partial charge in [0.1, 0.15) is 10.7 Å². The molecule has 1 aromatic heterocycles. The Morgan fingerprint density at radius 1 is 1.24 bits per heavy atom. The summed E-state index contributed by atoms with van der Waals surface area (Å²) in [6, 6.07) is 10.1. The Morgan fingerprint density at radius 3 is 2.62 bits per heavy atom. The van der Waals surface area contributed by atoms with E-state index >= 15 is 0 Å². The van der Waals surface area contributed by atoms with Crippen LogP contribution in [-0.2, 0) is 10.0 Å². The second-order valence-corrected chi connectivity index (χ2v) is 6.31. The van der Waals surface area contributed by atoms with Crippen LogP contribution in [0.2, 0.25) is 0 Å². The summed E-state index contributed by atoms with van der Waals surface area (Å²) in [7, 11) is -3.77.